The number of aromatic amines is 1. The predicted molar refractivity (Wildman–Crippen MR) is 92.5 cm³/mol. The van der Waals surface area contributed by atoms with Gasteiger partial charge in [0.1, 0.15) is 5.75 Å². The number of hydrogen-bond donors (Lipinski definition) is 1. The molecule has 4 aromatic rings. The lowest BCUT2D eigenvalue weighted by Gasteiger charge is -2.09. The quantitative estimate of drug-likeness (QED) is 0.580. The monoisotopic (exact) mass is 373 g/mol. The highest BCUT2D eigenvalue weighted by atomic mass is 19.4. The molecule has 0 aliphatic heterocycles. The van der Waals surface area contributed by atoms with Crippen LogP contribution in [0.5, 0.6) is 5.75 Å². The fourth-order valence-corrected chi connectivity index (χ4v) is 2.96. The van der Waals surface area contributed by atoms with E-state index in [1.807, 2.05) is 19.1 Å². The molecule has 0 aliphatic carbocycles. The Morgan fingerprint density at radius 2 is 1.85 bits per heavy atom. The molecule has 3 aromatic heterocycles. The van der Waals surface area contributed by atoms with Crippen molar-refractivity contribution < 1.29 is 17.9 Å². The van der Waals surface area contributed by atoms with Crippen LogP contribution in [0.15, 0.2) is 48.8 Å². The van der Waals surface area contributed by atoms with Gasteiger partial charge in [-0.25, -0.2) is 9.67 Å². The van der Waals surface area contributed by atoms with E-state index < -0.39 is 6.36 Å². The fraction of sp³-hybridized carbons (Fsp3) is 0.167. The van der Waals surface area contributed by atoms with E-state index in [1.165, 1.54) is 24.3 Å². The Bertz CT molecular complexity index is 1070. The van der Waals surface area contributed by atoms with Crippen LogP contribution in [-0.2, 0) is 6.42 Å². The van der Waals surface area contributed by atoms with Crippen LogP contribution in [0.25, 0.3) is 28.0 Å². The first-order valence-corrected chi connectivity index (χ1v) is 8.19. The second kappa shape index (κ2) is 6.42. The Kier molecular flexibility index (Phi) is 4.06. The number of hydrogen-bond acceptors (Lipinski definition) is 4. The second-order valence-electron chi connectivity index (χ2n) is 5.78. The third-order valence-corrected chi connectivity index (χ3v) is 4.08. The number of ether oxygens (including phenoxy) is 1. The van der Waals surface area contributed by atoms with E-state index in [0.29, 0.717) is 17.8 Å². The molecule has 1 aromatic carbocycles. The number of aryl methyl sites for hydroxylation is 1. The summed E-state index contributed by atoms with van der Waals surface area (Å²) in [6.07, 6.45) is -0.726. The number of aromatic nitrogens is 5. The summed E-state index contributed by atoms with van der Waals surface area (Å²) in [7, 11) is 0. The lowest BCUT2D eigenvalue weighted by molar-refractivity contribution is -0.274. The van der Waals surface area contributed by atoms with Crippen LogP contribution in [0.1, 0.15) is 12.6 Å². The van der Waals surface area contributed by atoms with Crippen LogP contribution in [0.3, 0.4) is 0 Å². The zero-order valence-electron chi connectivity index (χ0n) is 14.2. The lowest BCUT2D eigenvalue weighted by Crippen LogP contribution is -2.17. The number of halogens is 3. The van der Waals surface area contributed by atoms with Crippen molar-refractivity contribution in [2.24, 2.45) is 0 Å². The summed E-state index contributed by atoms with van der Waals surface area (Å²) in [6.45, 7) is 1.98. The van der Waals surface area contributed by atoms with Gasteiger partial charge in [0.2, 0.25) is 0 Å². The van der Waals surface area contributed by atoms with Gasteiger partial charge in [0.05, 0.1) is 22.5 Å². The molecule has 0 saturated carbocycles. The molecular formula is C18H14F3N5O. The summed E-state index contributed by atoms with van der Waals surface area (Å²) in [4.78, 5) is 4.43. The molecule has 3 heterocycles. The van der Waals surface area contributed by atoms with Crippen molar-refractivity contribution in [3.05, 3.63) is 54.5 Å². The van der Waals surface area contributed by atoms with Crippen LogP contribution in [0, 0.1) is 0 Å². The normalized spacial score (nSPS) is 11.9. The smallest absolute Gasteiger partial charge is 0.406 e. The van der Waals surface area contributed by atoms with Crippen molar-refractivity contribution in [1.29, 1.82) is 0 Å². The summed E-state index contributed by atoms with van der Waals surface area (Å²) in [5.74, 6) is -0.287. The Morgan fingerprint density at radius 3 is 2.48 bits per heavy atom. The number of nitrogens with zero attached hydrogens (tertiary/aromatic N) is 4. The van der Waals surface area contributed by atoms with Crippen molar-refractivity contribution in [3.8, 4) is 22.7 Å². The SMILES string of the molecule is CCc1nn(-c2ccc(OC(F)(F)F)cc2)c2nccc(-c3ccn[nH]3)c12. The maximum absolute atomic E-state index is 12.3. The van der Waals surface area contributed by atoms with Crippen molar-refractivity contribution >= 4 is 11.0 Å². The molecule has 0 bridgehead atoms. The topological polar surface area (TPSA) is 68.6 Å². The predicted octanol–water partition coefficient (Wildman–Crippen LogP) is 4.27. The number of rotatable bonds is 4. The first kappa shape index (κ1) is 17.1. The van der Waals surface area contributed by atoms with E-state index in [4.69, 9.17) is 0 Å². The van der Waals surface area contributed by atoms with Gasteiger partial charge in [0, 0.05) is 18.0 Å². The molecule has 27 heavy (non-hydrogen) atoms. The first-order valence-electron chi connectivity index (χ1n) is 8.19. The van der Waals surface area contributed by atoms with Crippen LogP contribution >= 0.6 is 0 Å². The van der Waals surface area contributed by atoms with E-state index in [2.05, 4.69) is 25.0 Å². The highest BCUT2D eigenvalue weighted by Crippen LogP contribution is 2.31. The summed E-state index contributed by atoms with van der Waals surface area (Å²) < 4.78 is 42.6. The van der Waals surface area contributed by atoms with Gasteiger partial charge in [-0.15, -0.1) is 13.2 Å². The van der Waals surface area contributed by atoms with Crippen molar-refractivity contribution in [2.45, 2.75) is 19.7 Å². The molecule has 0 fully saturated rings. The second-order valence-corrected chi connectivity index (χ2v) is 5.78. The molecule has 0 radical (unpaired) electrons. The van der Waals surface area contributed by atoms with Gasteiger partial charge in [0.15, 0.2) is 5.65 Å². The Balaban J connectivity index is 1.82. The largest absolute Gasteiger partial charge is 0.573 e. The molecular weight excluding hydrogens is 359 g/mol. The minimum atomic E-state index is -4.73. The number of benzene rings is 1. The van der Waals surface area contributed by atoms with Crippen LogP contribution in [-0.4, -0.2) is 31.3 Å². The van der Waals surface area contributed by atoms with Gasteiger partial charge in [0.25, 0.3) is 0 Å². The minimum Gasteiger partial charge on any atom is -0.406 e. The number of fused-ring (bicyclic) bond motifs is 1. The number of alkyl halides is 3. The zero-order valence-corrected chi connectivity index (χ0v) is 14.2. The molecule has 0 saturated heterocycles. The van der Waals surface area contributed by atoms with Gasteiger partial charge in [-0.3, -0.25) is 5.10 Å². The van der Waals surface area contributed by atoms with E-state index in [-0.39, 0.29) is 5.75 Å². The average Bonchev–Trinajstić information content (AvgIpc) is 3.29. The summed E-state index contributed by atoms with van der Waals surface area (Å²) in [6, 6.07) is 9.26. The van der Waals surface area contributed by atoms with Crippen LogP contribution in [0.2, 0.25) is 0 Å². The average molecular weight is 373 g/mol. The Morgan fingerprint density at radius 1 is 1.07 bits per heavy atom. The third kappa shape index (κ3) is 3.23. The molecule has 1 N–H and O–H groups in total. The fourth-order valence-electron chi connectivity index (χ4n) is 2.96. The van der Waals surface area contributed by atoms with E-state index >= 15 is 0 Å². The van der Waals surface area contributed by atoms with E-state index in [0.717, 1.165) is 22.3 Å². The maximum Gasteiger partial charge on any atom is 0.573 e. The molecule has 0 unspecified atom stereocenters. The van der Waals surface area contributed by atoms with Crippen LogP contribution < -0.4 is 4.74 Å². The number of nitrogens with one attached hydrogen (secondary N) is 1. The van der Waals surface area contributed by atoms with Gasteiger partial charge in [-0.05, 0) is 42.8 Å². The molecule has 9 heteroatoms. The van der Waals surface area contributed by atoms with Gasteiger partial charge in [-0.1, -0.05) is 6.92 Å². The summed E-state index contributed by atoms with van der Waals surface area (Å²) >= 11 is 0. The van der Waals surface area contributed by atoms with Gasteiger partial charge >= 0.3 is 6.36 Å². The highest BCUT2D eigenvalue weighted by molar-refractivity contribution is 5.94. The molecule has 0 spiro atoms. The highest BCUT2D eigenvalue weighted by Gasteiger charge is 2.31. The maximum atomic E-state index is 12.3. The summed E-state index contributed by atoms with van der Waals surface area (Å²) in [5.41, 5.74) is 3.79. The molecule has 6 nitrogen and oxygen atoms in total. The van der Waals surface area contributed by atoms with Crippen molar-refractivity contribution in [1.82, 2.24) is 25.0 Å². The molecule has 4 rings (SSSR count). The first-order chi connectivity index (χ1) is 13.0. The Hall–Kier alpha value is -3.36. The third-order valence-electron chi connectivity index (χ3n) is 4.08. The summed E-state index contributed by atoms with van der Waals surface area (Å²) in [5, 5.41) is 12.4. The molecule has 0 aliphatic rings. The molecule has 0 amide bonds. The Labute approximate surface area is 151 Å². The number of pyridine rings is 1. The van der Waals surface area contributed by atoms with Gasteiger partial charge in [-0.2, -0.15) is 10.2 Å². The van der Waals surface area contributed by atoms with Gasteiger partial charge < -0.3 is 4.74 Å². The number of H-pyrrole nitrogens is 1. The lowest BCUT2D eigenvalue weighted by atomic mass is 10.1. The molecule has 0 atom stereocenters. The van der Waals surface area contributed by atoms with Crippen molar-refractivity contribution in [3.63, 3.8) is 0 Å². The standard InChI is InChI=1S/C18H14F3N5O/c1-2-14-16-13(15-8-10-23-24-15)7-9-22-17(16)26(25-14)11-3-5-12(6-4-11)27-18(19,20)21/h3-10H,2H2,1H3,(H,23,24). The zero-order chi connectivity index (χ0) is 19.0. The minimum absolute atomic E-state index is 0.287. The van der Waals surface area contributed by atoms with Crippen molar-refractivity contribution in [2.75, 3.05) is 0 Å². The molecule has 138 valence electrons. The van der Waals surface area contributed by atoms with Crippen LogP contribution in [0.4, 0.5) is 13.2 Å². The van der Waals surface area contributed by atoms with E-state index in [9.17, 15) is 13.2 Å². The van der Waals surface area contributed by atoms with E-state index in [1.54, 1.807) is 17.1 Å².